The van der Waals surface area contributed by atoms with Gasteiger partial charge in [-0.05, 0) is 51.1 Å². The minimum Gasteiger partial charge on any atom is -0.449 e. The molecule has 0 saturated carbocycles. The number of halogens is 1. The van der Waals surface area contributed by atoms with Crippen LogP contribution in [0.15, 0.2) is 54.7 Å². The number of ether oxygens (including phenoxy) is 1. The molecule has 0 aliphatic heterocycles. The van der Waals surface area contributed by atoms with E-state index in [1.165, 1.54) is 13.1 Å². The zero-order valence-corrected chi connectivity index (χ0v) is 16.5. The van der Waals surface area contributed by atoms with Gasteiger partial charge in [-0.2, -0.15) is 0 Å². The Kier molecular flexibility index (Phi) is 5.80. The van der Waals surface area contributed by atoms with Crippen molar-refractivity contribution in [2.24, 2.45) is 0 Å². The van der Waals surface area contributed by atoms with Crippen molar-refractivity contribution in [3.8, 4) is 5.69 Å². The average Bonchev–Trinajstić information content (AvgIpc) is 2.98. The van der Waals surface area contributed by atoms with Gasteiger partial charge in [0.15, 0.2) is 11.3 Å². The van der Waals surface area contributed by atoms with Gasteiger partial charge in [0.05, 0.1) is 11.3 Å². The van der Waals surface area contributed by atoms with E-state index in [1.807, 2.05) is 48.7 Å². The van der Waals surface area contributed by atoms with Crippen molar-refractivity contribution < 1.29 is 14.3 Å². The van der Waals surface area contributed by atoms with Crippen LogP contribution in [0.2, 0.25) is 5.15 Å². The number of nitrogens with one attached hydrogen (secondary N) is 1. The quantitative estimate of drug-likeness (QED) is 0.513. The van der Waals surface area contributed by atoms with Crippen molar-refractivity contribution >= 4 is 29.2 Å². The van der Waals surface area contributed by atoms with Gasteiger partial charge in [0.1, 0.15) is 0 Å². The van der Waals surface area contributed by atoms with Crippen LogP contribution < -0.4 is 5.32 Å². The van der Waals surface area contributed by atoms with Crippen molar-refractivity contribution in [1.29, 1.82) is 0 Å². The lowest BCUT2D eigenvalue weighted by Crippen LogP contribution is -2.30. The van der Waals surface area contributed by atoms with Crippen LogP contribution >= 0.6 is 11.6 Å². The lowest BCUT2D eigenvalue weighted by Gasteiger charge is -2.14. The molecule has 1 unspecified atom stereocenters. The molecule has 0 bridgehead atoms. The SMILES string of the molecule is Cc1cc(C(=O)OC(C)C(=O)Nc2cccnc2Cl)c(C)n1-c1ccccc1. The molecule has 0 aliphatic rings. The van der Waals surface area contributed by atoms with Gasteiger partial charge in [-0.1, -0.05) is 29.8 Å². The molecule has 1 atom stereocenters. The minimum atomic E-state index is -0.997. The first-order valence-electron chi connectivity index (χ1n) is 8.75. The first-order valence-corrected chi connectivity index (χ1v) is 9.13. The van der Waals surface area contributed by atoms with Crippen LogP contribution in [0.4, 0.5) is 5.69 Å². The van der Waals surface area contributed by atoms with Crippen LogP contribution in [0.1, 0.15) is 28.7 Å². The Bertz CT molecular complexity index is 1010. The van der Waals surface area contributed by atoms with Crippen molar-refractivity contribution in [3.05, 3.63) is 76.8 Å². The van der Waals surface area contributed by atoms with E-state index < -0.39 is 18.0 Å². The maximum atomic E-state index is 12.6. The fraction of sp³-hybridized carbons (Fsp3) is 0.190. The summed E-state index contributed by atoms with van der Waals surface area (Å²) in [5.41, 5.74) is 3.37. The summed E-state index contributed by atoms with van der Waals surface area (Å²) in [6, 6.07) is 14.7. The molecule has 2 aromatic heterocycles. The van der Waals surface area contributed by atoms with Crippen LogP contribution in [0.25, 0.3) is 5.69 Å². The highest BCUT2D eigenvalue weighted by Crippen LogP contribution is 2.22. The summed E-state index contributed by atoms with van der Waals surface area (Å²) in [4.78, 5) is 28.9. The second-order valence-electron chi connectivity index (χ2n) is 6.33. The maximum absolute atomic E-state index is 12.6. The van der Waals surface area contributed by atoms with Gasteiger partial charge in [0.2, 0.25) is 0 Å². The van der Waals surface area contributed by atoms with E-state index in [0.717, 1.165) is 17.1 Å². The van der Waals surface area contributed by atoms with E-state index in [2.05, 4.69) is 10.3 Å². The number of nitrogens with zero attached hydrogens (tertiary/aromatic N) is 2. The molecule has 0 radical (unpaired) electrons. The van der Waals surface area contributed by atoms with Crippen molar-refractivity contribution in [3.63, 3.8) is 0 Å². The number of anilines is 1. The molecule has 7 heteroatoms. The van der Waals surface area contributed by atoms with Gasteiger partial charge in [-0.3, -0.25) is 4.79 Å². The molecular formula is C21H20ClN3O3. The zero-order chi connectivity index (χ0) is 20.3. The third kappa shape index (κ3) is 4.07. The molecule has 0 spiro atoms. The van der Waals surface area contributed by atoms with Gasteiger partial charge in [-0.25, -0.2) is 9.78 Å². The lowest BCUT2D eigenvalue weighted by molar-refractivity contribution is -0.123. The number of benzene rings is 1. The summed E-state index contributed by atoms with van der Waals surface area (Å²) in [6.45, 7) is 5.27. The van der Waals surface area contributed by atoms with Crippen molar-refractivity contribution in [1.82, 2.24) is 9.55 Å². The Morgan fingerprint density at radius 3 is 2.54 bits per heavy atom. The Labute approximate surface area is 168 Å². The number of hydrogen-bond acceptors (Lipinski definition) is 4. The summed E-state index contributed by atoms with van der Waals surface area (Å²) in [6.07, 6.45) is 0.521. The summed E-state index contributed by atoms with van der Waals surface area (Å²) in [7, 11) is 0. The third-order valence-electron chi connectivity index (χ3n) is 4.34. The number of para-hydroxylation sites is 1. The van der Waals surface area contributed by atoms with Crippen molar-refractivity contribution in [2.75, 3.05) is 5.32 Å². The van der Waals surface area contributed by atoms with E-state index in [4.69, 9.17) is 16.3 Å². The Morgan fingerprint density at radius 2 is 1.86 bits per heavy atom. The maximum Gasteiger partial charge on any atom is 0.340 e. The monoisotopic (exact) mass is 397 g/mol. The molecular weight excluding hydrogens is 378 g/mol. The fourth-order valence-electron chi connectivity index (χ4n) is 2.94. The van der Waals surface area contributed by atoms with Crippen LogP contribution in [-0.4, -0.2) is 27.5 Å². The second-order valence-corrected chi connectivity index (χ2v) is 6.69. The molecule has 144 valence electrons. The Balaban J connectivity index is 1.74. The number of rotatable bonds is 5. The van der Waals surface area contributed by atoms with Gasteiger partial charge in [0.25, 0.3) is 5.91 Å². The molecule has 0 fully saturated rings. The van der Waals surface area contributed by atoms with E-state index >= 15 is 0 Å². The minimum absolute atomic E-state index is 0.167. The third-order valence-corrected chi connectivity index (χ3v) is 4.64. The molecule has 28 heavy (non-hydrogen) atoms. The smallest absolute Gasteiger partial charge is 0.340 e. The number of carbonyl (C=O) groups excluding carboxylic acids is 2. The number of pyridine rings is 1. The number of carbonyl (C=O) groups is 2. The van der Waals surface area contributed by atoms with Gasteiger partial charge in [-0.15, -0.1) is 0 Å². The molecule has 1 amide bonds. The predicted octanol–water partition coefficient (Wildman–Crippen LogP) is 4.33. The molecule has 2 heterocycles. The van der Waals surface area contributed by atoms with E-state index in [0.29, 0.717) is 11.3 Å². The molecule has 3 rings (SSSR count). The molecule has 6 nitrogen and oxygen atoms in total. The summed E-state index contributed by atoms with van der Waals surface area (Å²) >= 11 is 5.94. The molecule has 3 aromatic rings. The van der Waals surface area contributed by atoms with Gasteiger partial charge >= 0.3 is 5.97 Å². The molecule has 0 saturated heterocycles. The van der Waals surface area contributed by atoms with E-state index in [1.54, 1.807) is 18.2 Å². The lowest BCUT2D eigenvalue weighted by atomic mass is 10.2. The summed E-state index contributed by atoms with van der Waals surface area (Å²) in [5, 5.41) is 2.78. The highest BCUT2D eigenvalue weighted by molar-refractivity contribution is 6.32. The Morgan fingerprint density at radius 1 is 1.14 bits per heavy atom. The number of hydrogen-bond donors (Lipinski definition) is 1. The molecule has 1 aromatic carbocycles. The predicted molar refractivity (Wildman–Crippen MR) is 108 cm³/mol. The first kappa shape index (κ1) is 19.6. The average molecular weight is 398 g/mol. The normalized spacial score (nSPS) is 11.7. The van der Waals surface area contributed by atoms with Crippen LogP contribution in [0.3, 0.4) is 0 Å². The van der Waals surface area contributed by atoms with E-state index in [-0.39, 0.29) is 5.15 Å². The number of aromatic nitrogens is 2. The summed E-state index contributed by atoms with van der Waals surface area (Å²) in [5.74, 6) is -1.05. The largest absolute Gasteiger partial charge is 0.449 e. The van der Waals surface area contributed by atoms with Crippen LogP contribution in [-0.2, 0) is 9.53 Å². The highest BCUT2D eigenvalue weighted by atomic mass is 35.5. The van der Waals surface area contributed by atoms with Gasteiger partial charge in [0, 0.05) is 23.3 Å². The van der Waals surface area contributed by atoms with Crippen molar-refractivity contribution in [2.45, 2.75) is 26.9 Å². The fourth-order valence-corrected chi connectivity index (χ4v) is 3.10. The first-order chi connectivity index (χ1) is 13.4. The Hall–Kier alpha value is -3.12. The second kappa shape index (κ2) is 8.27. The summed E-state index contributed by atoms with van der Waals surface area (Å²) < 4.78 is 7.34. The topological polar surface area (TPSA) is 73.2 Å². The standard InChI is InChI=1S/C21H20ClN3O3/c1-13-12-17(14(2)25(13)16-8-5-4-6-9-16)21(27)28-15(3)20(26)24-18-10-7-11-23-19(18)22/h4-12,15H,1-3H3,(H,24,26). The highest BCUT2D eigenvalue weighted by Gasteiger charge is 2.23. The van der Waals surface area contributed by atoms with Crippen LogP contribution in [0.5, 0.6) is 0 Å². The molecule has 1 N–H and O–H groups in total. The van der Waals surface area contributed by atoms with E-state index in [9.17, 15) is 9.59 Å². The van der Waals surface area contributed by atoms with Gasteiger partial charge < -0.3 is 14.6 Å². The number of esters is 1. The number of amides is 1. The molecule has 0 aliphatic carbocycles. The number of aryl methyl sites for hydroxylation is 1. The zero-order valence-electron chi connectivity index (χ0n) is 15.8. The van der Waals surface area contributed by atoms with Crippen LogP contribution in [0, 0.1) is 13.8 Å².